The number of hydrogen-bond donors (Lipinski definition) is 1. The molecule has 0 aromatic heterocycles. The molecule has 6 nitrogen and oxygen atoms in total. The molecule has 1 N–H and O–H groups in total. The average Bonchev–Trinajstić information content (AvgIpc) is 3.14. The number of thioether (sulfide) groups is 1. The van der Waals surface area contributed by atoms with Crippen LogP contribution in [0.4, 0.5) is 0 Å². The number of carbonyl (C=O) groups is 1. The molecule has 3 saturated heterocycles. The summed E-state index contributed by atoms with van der Waals surface area (Å²) < 4.78 is 24.6. The van der Waals surface area contributed by atoms with Gasteiger partial charge in [-0.2, -0.15) is 11.8 Å². The van der Waals surface area contributed by atoms with Gasteiger partial charge in [0.05, 0.1) is 6.26 Å². The maximum Gasteiger partial charge on any atom is 0.223 e. The molecule has 144 valence electrons. The SMILES string of the molecule is CS(=O)(=O)N1CCC(C(=O)NCC2CCN(C3CCSC3)CC2)CC1. The van der Waals surface area contributed by atoms with E-state index in [0.29, 0.717) is 31.8 Å². The van der Waals surface area contributed by atoms with Crippen molar-refractivity contribution in [2.24, 2.45) is 11.8 Å². The largest absolute Gasteiger partial charge is 0.356 e. The summed E-state index contributed by atoms with van der Waals surface area (Å²) >= 11 is 2.07. The summed E-state index contributed by atoms with van der Waals surface area (Å²) in [5, 5.41) is 3.13. The normalized spacial score (nSPS) is 28.3. The van der Waals surface area contributed by atoms with Crippen LogP contribution in [0.3, 0.4) is 0 Å². The van der Waals surface area contributed by atoms with Gasteiger partial charge in [-0.1, -0.05) is 0 Å². The van der Waals surface area contributed by atoms with Gasteiger partial charge in [0.2, 0.25) is 15.9 Å². The van der Waals surface area contributed by atoms with E-state index in [2.05, 4.69) is 22.0 Å². The van der Waals surface area contributed by atoms with Gasteiger partial charge in [0.15, 0.2) is 0 Å². The lowest BCUT2D eigenvalue weighted by Crippen LogP contribution is -2.46. The van der Waals surface area contributed by atoms with Gasteiger partial charge in [0.1, 0.15) is 0 Å². The van der Waals surface area contributed by atoms with Crippen molar-refractivity contribution in [3.05, 3.63) is 0 Å². The molecule has 25 heavy (non-hydrogen) atoms. The Morgan fingerprint density at radius 1 is 1.08 bits per heavy atom. The van der Waals surface area contributed by atoms with Crippen molar-refractivity contribution >= 4 is 27.7 Å². The van der Waals surface area contributed by atoms with Crippen LogP contribution in [-0.2, 0) is 14.8 Å². The second-order valence-electron chi connectivity index (χ2n) is 7.68. The van der Waals surface area contributed by atoms with Crippen molar-refractivity contribution in [2.75, 3.05) is 50.5 Å². The zero-order valence-corrected chi connectivity index (χ0v) is 16.8. The molecular weight excluding hydrogens is 358 g/mol. The summed E-state index contributed by atoms with van der Waals surface area (Å²) in [6.07, 6.45) is 6.19. The highest BCUT2D eigenvalue weighted by Gasteiger charge is 2.30. The minimum absolute atomic E-state index is 0.0337. The molecule has 3 heterocycles. The third kappa shape index (κ3) is 5.34. The number of rotatable bonds is 5. The third-order valence-electron chi connectivity index (χ3n) is 5.93. The van der Waals surface area contributed by atoms with E-state index >= 15 is 0 Å². The van der Waals surface area contributed by atoms with E-state index in [0.717, 1.165) is 12.6 Å². The number of likely N-dealkylation sites (tertiary alicyclic amines) is 1. The standard InChI is InChI=1S/C17H31N3O3S2/c1-25(22,23)20-9-4-15(5-10-20)17(21)18-12-14-2-7-19(8-3-14)16-6-11-24-13-16/h14-16H,2-13H2,1H3,(H,18,21). The molecular formula is C17H31N3O3S2. The highest BCUT2D eigenvalue weighted by atomic mass is 32.2. The third-order valence-corrected chi connectivity index (χ3v) is 8.38. The Hall–Kier alpha value is -0.310. The molecule has 0 aromatic carbocycles. The van der Waals surface area contributed by atoms with Crippen LogP contribution in [0.5, 0.6) is 0 Å². The van der Waals surface area contributed by atoms with Gasteiger partial charge in [-0.15, -0.1) is 0 Å². The van der Waals surface area contributed by atoms with Gasteiger partial charge in [-0.05, 0) is 56.9 Å². The molecule has 3 aliphatic heterocycles. The molecule has 3 aliphatic rings. The number of carbonyl (C=O) groups excluding carboxylic acids is 1. The van der Waals surface area contributed by atoms with Crippen LogP contribution in [0.25, 0.3) is 0 Å². The molecule has 1 amide bonds. The second kappa shape index (κ2) is 8.59. The van der Waals surface area contributed by atoms with Crippen LogP contribution in [0.15, 0.2) is 0 Å². The van der Waals surface area contributed by atoms with E-state index in [4.69, 9.17) is 0 Å². The number of amides is 1. The number of nitrogens with one attached hydrogen (secondary N) is 1. The van der Waals surface area contributed by atoms with Gasteiger partial charge in [0.25, 0.3) is 0 Å². The molecule has 0 aromatic rings. The Bertz CT molecular complexity index is 547. The topological polar surface area (TPSA) is 69.7 Å². The summed E-state index contributed by atoms with van der Waals surface area (Å²) in [7, 11) is -3.12. The van der Waals surface area contributed by atoms with Crippen LogP contribution in [0.2, 0.25) is 0 Å². The summed E-state index contributed by atoms with van der Waals surface area (Å²) in [5.41, 5.74) is 0. The van der Waals surface area contributed by atoms with Crippen LogP contribution in [0.1, 0.15) is 32.1 Å². The van der Waals surface area contributed by atoms with Crippen LogP contribution >= 0.6 is 11.8 Å². The minimum Gasteiger partial charge on any atom is -0.356 e. The molecule has 0 spiro atoms. The van der Waals surface area contributed by atoms with Crippen LogP contribution in [-0.4, -0.2) is 80.1 Å². The van der Waals surface area contributed by atoms with Crippen molar-refractivity contribution in [1.29, 1.82) is 0 Å². The Labute approximate surface area is 156 Å². The fourth-order valence-corrected chi connectivity index (χ4v) is 6.30. The maximum absolute atomic E-state index is 12.4. The molecule has 0 bridgehead atoms. The van der Waals surface area contributed by atoms with Crippen molar-refractivity contribution < 1.29 is 13.2 Å². The molecule has 0 radical (unpaired) electrons. The molecule has 1 atom stereocenters. The Morgan fingerprint density at radius 2 is 1.76 bits per heavy atom. The zero-order valence-electron chi connectivity index (χ0n) is 15.2. The van der Waals surface area contributed by atoms with Gasteiger partial charge in [-0.25, -0.2) is 12.7 Å². The molecule has 3 rings (SSSR count). The van der Waals surface area contributed by atoms with E-state index in [1.54, 1.807) is 0 Å². The predicted octanol–water partition coefficient (Wildman–Crippen LogP) is 0.992. The van der Waals surface area contributed by atoms with Crippen molar-refractivity contribution in [2.45, 2.75) is 38.1 Å². The summed E-state index contributed by atoms with van der Waals surface area (Å²) in [4.78, 5) is 15.0. The van der Waals surface area contributed by atoms with Crippen LogP contribution in [0, 0.1) is 11.8 Å². The molecule has 3 fully saturated rings. The van der Waals surface area contributed by atoms with Crippen LogP contribution < -0.4 is 5.32 Å². The van der Waals surface area contributed by atoms with E-state index < -0.39 is 10.0 Å². The lowest BCUT2D eigenvalue weighted by atomic mass is 9.94. The highest BCUT2D eigenvalue weighted by molar-refractivity contribution is 7.99. The second-order valence-corrected chi connectivity index (χ2v) is 10.8. The first-order chi connectivity index (χ1) is 11.9. The molecule has 1 unspecified atom stereocenters. The monoisotopic (exact) mass is 389 g/mol. The Morgan fingerprint density at radius 3 is 2.32 bits per heavy atom. The fourth-order valence-electron chi connectivity index (χ4n) is 4.17. The summed E-state index contributed by atoms with van der Waals surface area (Å²) in [5.74, 6) is 3.26. The smallest absolute Gasteiger partial charge is 0.223 e. The van der Waals surface area contributed by atoms with Crippen molar-refractivity contribution in [3.63, 3.8) is 0 Å². The van der Waals surface area contributed by atoms with E-state index in [9.17, 15) is 13.2 Å². The van der Waals surface area contributed by atoms with Crippen molar-refractivity contribution in [3.8, 4) is 0 Å². The van der Waals surface area contributed by atoms with Gasteiger partial charge in [-0.3, -0.25) is 9.69 Å². The summed E-state index contributed by atoms with van der Waals surface area (Å²) in [6, 6.07) is 0.778. The Balaban J connectivity index is 1.34. The lowest BCUT2D eigenvalue weighted by Gasteiger charge is -2.36. The number of hydrogen-bond acceptors (Lipinski definition) is 5. The maximum atomic E-state index is 12.4. The lowest BCUT2D eigenvalue weighted by molar-refractivity contribution is -0.126. The van der Waals surface area contributed by atoms with E-state index in [1.807, 2.05) is 0 Å². The molecule has 0 aliphatic carbocycles. The highest BCUT2D eigenvalue weighted by Crippen LogP contribution is 2.27. The first-order valence-corrected chi connectivity index (χ1v) is 12.5. The predicted molar refractivity (Wildman–Crippen MR) is 102 cm³/mol. The first-order valence-electron chi connectivity index (χ1n) is 9.48. The summed E-state index contributed by atoms with van der Waals surface area (Å²) in [6.45, 7) is 4.04. The van der Waals surface area contributed by atoms with Crippen molar-refractivity contribution in [1.82, 2.24) is 14.5 Å². The van der Waals surface area contributed by atoms with Gasteiger partial charge >= 0.3 is 0 Å². The van der Waals surface area contributed by atoms with E-state index in [-0.39, 0.29) is 11.8 Å². The fraction of sp³-hybridized carbons (Fsp3) is 0.941. The van der Waals surface area contributed by atoms with E-state index in [1.165, 1.54) is 54.4 Å². The van der Waals surface area contributed by atoms with Gasteiger partial charge < -0.3 is 5.32 Å². The molecule has 8 heteroatoms. The number of piperidine rings is 2. The average molecular weight is 390 g/mol. The Kier molecular flexibility index (Phi) is 6.68. The minimum atomic E-state index is -3.12. The zero-order chi connectivity index (χ0) is 17.9. The quantitative estimate of drug-likeness (QED) is 0.759. The number of nitrogens with zero attached hydrogens (tertiary/aromatic N) is 2. The first kappa shape index (κ1) is 19.5. The molecule has 0 saturated carbocycles. The van der Waals surface area contributed by atoms with Gasteiger partial charge in [0, 0.05) is 37.3 Å². The number of sulfonamides is 1.